The molecule has 2 aromatic carbocycles. The van der Waals surface area contributed by atoms with Crippen molar-refractivity contribution in [3.05, 3.63) is 58.4 Å². The number of benzene rings is 2. The molecule has 21 heavy (non-hydrogen) atoms. The van der Waals surface area contributed by atoms with Gasteiger partial charge in [0.05, 0.1) is 15.6 Å². The van der Waals surface area contributed by atoms with E-state index in [-0.39, 0.29) is 15.6 Å². The maximum absolute atomic E-state index is 13.4. The van der Waals surface area contributed by atoms with Gasteiger partial charge in [0, 0.05) is 13.1 Å². The summed E-state index contributed by atoms with van der Waals surface area (Å²) in [4.78, 5) is 0.153. The van der Waals surface area contributed by atoms with Crippen LogP contribution in [0.5, 0.6) is 0 Å². The summed E-state index contributed by atoms with van der Waals surface area (Å²) >= 11 is 5.57. The van der Waals surface area contributed by atoms with Crippen molar-refractivity contribution < 1.29 is 12.8 Å². The third-order valence-electron chi connectivity index (χ3n) is 3.29. The highest BCUT2D eigenvalue weighted by atomic mass is 35.5. The number of hydrogen-bond donors (Lipinski definition) is 2. The van der Waals surface area contributed by atoms with Gasteiger partial charge in [-0.05, 0) is 41.5 Å². The van der Waals surface area contributed by atoms with Crippen molar-refractivity contribution in [1.29, 1.82) is 0 Å². The summed E-state index contributed by atoms with van der Waals surface area (Å²) in [6.07, 6.45) is 0. The Balaban J connectivity index is 1.91. The van der Waals surface area contributed by atoms with Crippen LogP contribution in [0.1, 0.15) is 11.1 Å². The smallest absolute Gasteiger partial charge is 0.261 e. The highest BCUT2D eigenvalue weighted by Crippen LogP contribution is 2.24. The van der Waals surface area contributed by atoms with Crippen LogP contribution >= 0.6 is 11.6 Å². The molecule has 3 rings (SSSR count). The van der Waals surface area contributed by atoms with Gasteiger partial charge in [-0.1, -0.05) is 17.7 Å². The molecule has 1 aliphatic rings. The van der Waals surface area contributed by atoms with Crippen molar-refractivity contribution in [3.8, 4) is 0 Å². The zero-order chi connectivity index (χ0) is 15.0. The Morgan fingerprint density at radius 3 is 2.62 bits per heavy atom. The van der Waals surface area contributed by atoms with E-state index >= 15 is 0 Å². The molecular formula is C14H12ClFN2O2S. The zero-order valence-corrected chi connectivity index (χ0v) is 12.4. The van der Waals surface area contributed by atoms with E-state index in [4.69, 9.17) is 11.6 Å². The van der Waals surface area contributed by atoms with Crippen LogP contribution < -0.4 is 10.0 Å². The van der Waals surface area contributed by atoms with Crippen LogP contribution in [0.4, 0.5) is 10.1 Å². The number of anilines is 1. The third-order valence-corrected chi connectivity index (χ3v) is 4.98. The lowest BCUT2D eigenvalue weighted by Gasteiger charge is -2.09. The largest absolute Gasteiger partial charge is 0.309 e. The van der Waals surface area contributed by atoms with Crippen LogP contribution in [-0.4, -0.2) is 8.42 Å². The topological polar surface area (TPSA) is 58.2 Å². The van der Waals surface area contributed by atoms with E-state index in [2.05, 4.69) is 10.0 Å². The first-order valence-corrected chi connectivity index (χ1v) is 8.12. The molecule has 2 aromatic rings. The fourth-order valence-corrected chi connectivity index (χ4v) is 3.43. The van der Waals surface area contributed by atoms with Gasteiger partial charge in [-0.15, -0.1) is 0 Å². The van der Waals surface area contributed by atoms with Crippen molar-refractivity contribution in [1.82, 2.24) is 5.32 Å². The molecule has 0 aromatic heterocycles. The molecule has 1 aliphatic heterocycles. The molecule has 0 saturated carbocycles. The lowest BCUT2D eigenvalue weighted by Crippen LogP contribution is -2.13. The summed E-state index contributed by atoms with van der Waals surface area (Å²) in [5, 5.41) is 3.10. The Morgan fingerprint density at radius 2 is 1.86 bits per heavy atom. The Morgan fingerprint density at radius 1 is 1.10 bits per heavy atom. The summed E-state index contributed by atoms with van der Waals surface area (Å²) in [5.41, 5.74) is 2.18. The minimum absolute atomic E-state index is 0.0541. The summed E-state index contributed by atoms with van der Waals surface area (Å²) in [5.74, 6) is -0.671. The van der Waals surface area contributed by atoms with E-state index in [0.29, 0.717) is 6.54 Å². The fraction of sp³-hybridized carbons (Fsp3) is 0.143. The van der Waals surface area contributed by atoms with Crippen LogP contribution in [-0.2, 0) is 23.1 Å². The molecule has 0 bridgehead atoms. The van der Waals surface area contributed by atoms with E-state index in [1.807, 2.05) is 0 Å². The summed E-state index contributed by atoms with van der Waals surface area (Å²) in [6.45, 7) is 1.39. The van der Waals surface area contributed by atoms with Gasteiger partial charge in [0.25, 0.3) is 10.0 Å². The Kier molecular flexibility index (Phi) is 3.61. The van der Waals surface area contributed by atoms with Crippen LogP contribution in [0.3, 0.4) is 0 Å². The SMILES string of the molecule is O=S(=O)(Nc1ccc(Cl)c(F)c1)c1ccc2c(c1)CNC2. The molecule has 2 N–H and O–H groups in total. The molecule has 0 aliphatic carbocycles. The van der Waals surface area contributed by atoms with Crippen LogP contribution in [0.15, 0.2) is 41.3 Å². The molecular weight excluding hydrogens is 315 g/mol. The van der Waals surface area contributed by atoms with Crippen molar-refractivity contribution in [2.45, 2.75) is 18.0 Å². The minimum atomic E-state index is -3.75. The van der Waals surface area contributed by atoms with Crippen LogP contribution in [0.2, 0.25) is 5.02 Å². The number of halogens is 2. The second-order valence-electron chi connectivity index (χ2n) is 4.77. The van der Waals surface area contributed by atoms with E-state index < -0.39 is 15.8 Å². The zero-order valence-electron chi connectivity index (χ0n) is 10.9. The summed E-state index contributed by atoms with van der Waals surface area (Å²) < 4.78 is 40.3. The average Bonchev–Trinajstić information content (AvgIpc) is 2.90. The van der Waals surface area contributed by atoms with Crippen molar-refractivity contribution >= 4 is 27.3 Å². The van der Waals surface area contributed by atoms with Gasteiger partial charge in [-0.2, -0.15) is 0 Å². The van der Waals surface area contributed by atoms with E-state index in [9.17, 15) is 12.8 Å². The highest BCUT2D eigenvalue weighted by molar-refractivity contribution is 7.92. The molecule has 0 unspecified atom stereocenters. The average molecular weight is 327 g/mol. The Labute approximate surface area is 127 Å². The predicted octanol–water partition coefficient (Wildman–Crippen LogP) is 2.88. The number of rotatable bonds is 3. The maximum Gasteiger partial charge on any atom is 0.261 e. The standard InChI is InChI=1S/C14H12ClFN2O2S/c15-13-4-2-11(6-14(13)16)18-21(19,20)12-3-1-9-7-17-8-10(9)5-12/h1-6,17-18H,7-8H2. The van der Waals surface area contributed by atoms with Crippen molar-refractivity contribution in [3.63, 3.8) is 0 Å². The number of fused-ring (bicyclic) bond motifs is 1. The van der Waals surface area contributed by atoms with Gasteiger partial charge >= 0.3 is 0 Å². The minimum Gasteiger partial charge on any atom is -0.309 e. The molecule has 7 heteroatoms. The first-order valence-electron chi connectivity index (χ1n) is 6.26. The van der Waals surface area contributed by atoms with E-state index in [1.165, 1.54) is 12.1 Å². The molecule has 4 nitrogen and oxygen atoms in total. The molecule has 0 saturated heterocycles. The molecule has 0 radical (unpaired) electrons. The lowest BCUT2D eigenvalue weighted by atomic mass is 10.1. The molecule has 1 heterocycles. The molecule has 0 atom stereocenters. The second kappa shape index (κ2) is 5.29. The van der Waals surface area contributed by atoms with Crippen molar-refractivity contribution in [2.75, 3.05) is 4.72 Å². The molecule has 0 amide bonds. The molecule has 0 spiro atoms. The van der Waals surface area contributed by atoms with E-state index in [0.717, 1.165) is 23.7 Å². The summed E-state index contributed by atoms with van der Waals surface area (Å²) in [6, 6.07) is 8.73. The van der Waals surface area contributed by atoms with Gasteiger partial charge < -0.3 is 5.32 Å². The van der Waals surface area contributed by atoms with Crippen molar-refractivity contribution in [2.24, 2.45) is 0 Å². The summed E-state index contributed by atoms with van der Waals surface area (Å²) in [7, 11) is -3.75. The van der Waals surface area contributed by atoms with Gasteiger partial charge in [0.1, 0.15) is 5.82 Å². The normalized spacial score (nSPS) is 14.0. The lowest BCUT2D eigenvalue weighted by molar-refractivity contribution is 0.601. The quantitative estimate of drug-likeness (QED) is 0.912. The van der Waals surface area contributed by atoms with Crippen LogP contribution in [0, 0.1) is 5.82 Å². The Bertz CT molecular complexity index is 809. The number of nitrogens with one attached hydrogen (secondary N) is 2. The van der Waals surface area contributed by atoms with Gasteiger partial charge in [0.2, 0.25) is 0 Å². The van der Waals surface area contributed by atoms with E-state index in [1.54, 1.807) is 18.2 Å². The maximum atomic E-state index is 13.4. The monoisotopic (exact) mass is 326 g/mol. The molecule has 110 valence electrons. The molecule has 0 fully saturated rings. The number of hydrogen-bond acceptors (Lipinski definition) is 3. The van der Waals surface area contributed by atoms with Crippen LogP contribution in [0.25, 0.3) is 0 Å². The Hall–Kier alpha value is -1.63. The first kappa shape index (κ1) is 14.3. The first-order chi connectivity index (χ1) is 9.95. The van der Waals surface area contributed by atoms with Gasteiger partial charge in [-0.3, -0.25) is 4.72 Å². The van der Waals surface area contributed by atoms with Gasteiger partial charge in [0.15, 0.2) is 0 Å². The van der Waals surface area contributed by atoms with Gasteiger partial charge in [-0.25, -0.2) is 12.8 Å². The predicted molar refractivity (Wildman–Crippen MR) is 79.2 cm³/mol. The second-order valence-corrected chi connectivity index (χ2v) is 6.86. The number of sulfonamides is 1. The highest BCUT2D eigenvalue weighted by Gasteiger charge is 2.18. The fourth-order valence-electron chi connectivity index (χ4n) is 2.21. The third kappa shape index (κ3) is 2.88.